The van der Waals surface area contributed by atoms with Crippen LogP contribution in [0.25, 0.3) is 0 Å². The smallest absolute Gasteiger partial charge is 0.392 e. The van der Waals surface area contributed by atoms with Crippen LogP contribution in [0.15, 0.2) is 17.0 Å². The number of alkyl halides is 3. The molecule has 0 unspecified atom stereocenters. The summed E-state index contributed by atoms with van der Waals surface area (Å²) in [6.45, 7) is -0.275. The van der Waals surface area contributed by atoms with E-state index in [1.807, 2.05) is 0 Å². The van der Waals surface area contributed by atoms with E-state index >= 15 is 0 Å². The van der Waals surface area contributed by atoms with Gasteiger partial charge in [0.2, 0.25) is 10.0 Å². The number of halogens is 4. The molecule has 1 N–H and O–H groups in total. The summed E-state index contributed by atoms with van der Waals surface area (Å²) in [5.41, 5.74) is -0.312. The molecule has 0 atom stereocenters. The molecule has 0 saturated heterocycles. The second-order valence-corrected chi connectivity index (χ2v) is 6.31. The fourth-order valence-electron chi connectivity index (χ4n) is 1.77. The molecule has 0 bridgehead atoms. The lowest BCUT2D eigenvalue weighted by atomic mass is 10.1. The molecular formula is C12H15F4NO3S. The van der Waals surface area contributed by atoms with E-state index in [4.69, 9.17) is 5.11 Å². The highest BCUT2D eigenvalue weighted by Crippen LogP contribution is 2.26. The quantitative estimate of drug-likeness (QED) is 0.843. The average Bonchev–Trinajstić information content (AvgIpc) is 2.37. The highest BCUT2D eigenvalue weighted by atomic mass is 32.2. The first-order valence-corrected chi connectivity index (χ1v) is 7.43. The Balaban J connectivity index is 3.38. The van der Waals surface area contributed by atoms with Gasteiger partial charge in [0, 0.05) is 12.1 Å². The standard InChI is InChI=1S/C12H15F4NO3S/c1-3-17(7-12(14,15)16)21(19,20)11-5-9(6-18)4-10(13)8(11)2/h4-5,18H,3,6-7H2,1-2H3. The molecule has 0 saturated carbocycles. The van der Waals surface area contributed by atoms with E-state index in [1.54, 1.807) is 0 Å². The SMILES string of the molecule is CCN(CC(F)(F)F)S(=O)(=O)c1cc(CO)cc(F)c1C. The normalized spacial score (nSPS) is 13.0. The largest absolute Gasteiger partial charge is 0.402 e. The number of aliphatic hydroxyl groups excluding tert-OH is 1. The fraction of sp³-hybridized carbons (Fsp3) is 0.500. The van der Waals surface area contributed by atoms with Crippen molar-refractivity contribution in [1.29, 1.82) is 0 Å². The number of sulfonamides is 1. The lowest BCUT2D eigenvalue weighted by molar-refractivity contribution is -0.135. The first kappa shape index (κ1) is 17.9. The minimum atomic E-state index is -4.70. The molecule has 0 radical (unpaired) electrons. The van der Waals surface area contributed by atoms with E-state index in [1.165, 1.54) is 6.92 Å². The molecule has 0 spiro atoms. The summed E-state index contributed by atoms with van der Waals surface area (Å²) in [4.78, 5) is -0.572. The zero-order chi connectivity index (χ0) is 16.4. The molecule has 0 amide bonds. The molecule has 0 aliphatic rings. The van der Waals surface area contributed by atoms with Crippen molar-refractivity contribution in [2.45, 2.75) is 31.5 Å². The predicted molar refractivity (Wildman–Crippen MR) is 67.5 cm³/mol. The molecule has 120 valence electrons. The van der Waals surface area contributed by atoms with Crippen molar-refractivity contribution in [1.82, 2.24) is 4.31 Å². The monoisotopic (exact) mass is 329 g/mol. The second kappa shape index (κ2) is 6.29. The van der Waals surface area contributed by atoms with Crippen molar-refractivity contribution in [2.75, 3.05) is 13.1 Å². The molecule has 0 fully saturated rings. The van der Waals surface area contributed by atoms with Gasteiger partial charge in [0.25, 0.3) is 0 Å². The lowest BCUT2D eigenvalue weighted by Crippen LogP contribution is -2.39. The first-order chi connectivity index (χ1) is 9.52. The van der Waals surface area contributed by atoms with Gasteiger partial charge in [-0.1, -0.05) is 6.92 Å². The van der Waals surface area contributed by atoms with Gasteiger partial charge in [-0.3, -0.25) is 0 Å². The number of nitrogens with zero attached hydrogens (tertiary/aromatic N) is 1. The zero-order valence-corrected chi connectivity index (χ0v) is 12.2. The summed E-state index contributed by atoms with van der Waals surface area (Å²) in [5, 5.41) is 8.97. The molecule has 9 heteroatoms. The molecule has 0 heterocycles. The number of rotatable bonds is 5. The maximum atomic E-state index is 13.6. The van der Waals surface area contributed by atoms with Crippen molar-refractivity contribution in [3.05, 3.63) is 29.1 Å². The van der Waals surface area contributed by atoms with Gasteiger partial charge in [0.05, 0.1) is 11.5 Å². The Morgan fingerprint density at radius 2 is 1.86 bits per heavy atom. The summed E-state index contributed by atoms with van der Waals surface area (Å²) in [6.07, 6.45) is -4.70. The van der Waals surface area contributed by atoms with Crippen LogP contribution in [0.4, 0.5) is 17.6 Å². The summed E-state index contributed by atoms with van der Waals surface area (Å²) >= 11 is 0. The number of aliphatic hydroxyl groups is 1. The van der Waals surface area contributed by atoms with Crippen molar-refractivity contribution in [3.63, 3.8) is 0 Å². The Morgan fingerprint density at radius 1 is 1.29 bits per heavy atom. The van der Waals surface area contributed by atoms with E-state index < -0.39 is 46.6 Å². The third-order valence-corrected chi connectivity index (χ3v) is 4.91. The maximum absolute atomic E-state index is 13.6. The van der Waals surface area contributed by atoms with Crippen LogP contribution in [0.1, 0.15) is 18.1 Å². The number of benzene rings is 1. The van der Waals surface area contributed by atoms with Crippen LogP contribution in [0.2, 0.25) is 0 Å². The van der Waals surface area contributed by atoms with Gasteiger partial charge in [-0.05, 0) is 24.6 Å². The van der Waals surface area contributed by atoms with Crippen LogP contribution in [0.5, 0.6) is 0 Å². The van der Waals surface area contributed by atoms with Crippen molar-refractivity contribution >= 4 is 10.0 Å². The predicted octanol–water partition coefficient (Wildman–Crippen LogP) is 2.20. The Hall–Kier alpha value is -1.19. The van der Waals surface area contributed by atoms with Gasteiger partial charge in [-0.2, -0.15) is 17.5 Å². The Kier molecular flexibility index (Phi) is 5.35. The van der Waals surface area contributed by atoms with Crippen LogP contribution in [-0.4, -0.2) is 37.1 Å². The minimum absolute atomic E-state index is 0.0280. The van der Waals surface area contributed by atoms with Crippen LogP contribution in [-0.2, 0) is 16.6 Å². The molecule has 1 aromatic rings. The third-order valence-electron chi connectivity index (χ3n) is 2.87. The molecular weight excluding hydrogens is 314 g/mol. The topological polar surface area (TPSA) is 57.6 Å². The first-order valence-electron chi connectivity index (χ1n) is 5.99. The van der Waals surface area contributed by atoms with E-state index in [-0.39, 0.29) is 15.4 Å². The van der Waals surface area contributed by atoms with Crippen LogP contribution in [0.3, 0.4) is 0 Å². The van der Waals surface area contributed by atoms with Gasteiger partial charge in [0.1, 0.15) is 12.4 Å². The molecule has 0 aliphatic carbocycles. The molecule has 1 aromatic carbocycles. The van der Waals surface area contributed by atoms with E-state index in [9.17, 15) is 26.0 Å². The molecule has 1 rings (SSSR count). The highest BCUT2D eigenvalue weighted by Gasteiger charge is 2.37. The Bertz CT molecular complexity index is 614. The summed E-state index contributed by atoms with van der Waals surface area (Å²) in [6, 6.07) is 1.92. The summed E-state index contributed by atoms with van der Waals surface area (Å²) < 4.78 is 75.7. The minimum Gasteiger partial charge on any atom is -0.392 e. The van der Waals surface area contributed by atoms with Crippen molar-refractivity contribution < 1.29 is 31.1 Å². The van der Waals surface area contributed by atoms with Crippen LogP contribution < -0.4 is 0 Å². The van der Waals surface area contributed by atoms with Crippen LogP contribution in [0, 0.1) is 12.7 Å². The summed E-state index contributed by atoms with van der Waals surface area (Å²) in [5.74, 6) is -0.900. The Labute approximate surface area is 120 Å². The van der Waals surface area contributed by atoms with Gasteiger partial charge in [-0.25, -0.2) is 12.8 Å². The molecule has 4 nitrogen and oxygen atoms in total. The van der Waals surface area contributed by atoms with E-state index in [2.05, 4.69) is 0 Å². The second-order valence-electron chi connectivity index (χ2n) is 4.41. The Morgan fingerprint density at radius 3 is 2.29 bits per heavy atom. The van der Waals surface area contributed by atoms with Gasteiger partial charge < -0.3 is 5.11 Å². The zero-order valence-electron chi connectivity index (χ0n) is 11.4. The maximum Gasteiger partial charge on any atom is 0.402 e. The van der Waals surface area contributed by atoms with Gasteiger partial charge in [0.15, 0.2) is 0 Å². The third kappa shape index (κ3) is 4.14. The molecule has 0 aromatic heterocycles. The van der Waals surface area contributed by atoms with E-state index in [0.29, 0.717) is 0 Å². The molecule has 0 aliphatic heterocycles. The van der Waals surface area contributed by atoms with Crippen molar-refractivity contribution in [3.8, 4) is 0 Å². The summed E-state index contributed by atoms with van der Waals surface area (Å²) in [7, 11) is -4.51. The average molecular weight is 329 g/mol. The van der Waals surface area contributed by atoms with Crippen LogP contribution >= 0.6 is 0 Å². The van der Waals surface area contributed by atoms with Crippen molar-refractivity contribution in [2.24, 2.45) is 0 Å². The fourth-order valence-corrected chi connectivity index (χ4v) is 3.49. The van der Waals surface area contributed by atoms with Gasteiger partial charge in [-0.15, -0.1) is 0 Å². The van der Waals surface area contributed by atoms with Gasteiger partial charge >= 0.3 is 6.18 Å². The number of hydrogen-bond donors (Lipinski definition) is 1. The number of hydrogen-bond acceptors (Lipinski definition) is 3. The highest BCUT2D eigenvalue weighted by molar-refractivity contribution is 7.89. The van der Waals surface area contributed by atoms with E-state index in [0.717, 1.165) is 19.1 Å². The molecule has 21 heavy (non-hydrogen) atoms. The lowest BCUT2D eigenvalue weighted by Gasteiger charge is -2.23.